The third kappa shape index (κ3) is 3.80. The van der Waals surface area contributed by atoms with Crippen molar-refractivity contribution < 1.29 is 8.42 Å². The van der Waals surface area contributed by atoms with E-state index in [2.05, 4.69) is 36.0 Å². The summed E-state index contributed by atoms with van der Waals surface area (Å²) in [6.45, 7) is 8.10. The zero-order valence-corrected chi connectivity index (χ0v) is 15.5. The van der Waals surface area contributed by atoms with Gasteiger partial charge in [0.1, 0.15) is 17.4 Å². The van der Waals surface area contributed by atoms with Gasteiger partial charge in [0.2, 0.25) is 0 Å². The zero-order chi connectivity index (χ0) is 16.8. The highest BCUT2D eigenvalue weighted by Gasteiger charge is 2.30. The fraction of sp³-hybridized carbons (Fsp3) is 0.667. The van der Waals surface area contributed by atoms with Crippen molar-refractivity contribution in [2.75, 3.05) is 0 Å². The van der Waals surface area contributed by atoms with Gasteiger partial charge in [0.05, 0.1) is 16.5 Å². The smallest absolute Gasteiger partial charge is 0.163 e. The molecule has 0 atom stereocenters. The van der Waals surface area contributed by atoms with Crippen molar-refractivity contribution >= 4 is 21.2 Å². The molecule has 2 aromatic heterocycles. The highest BCUT2D eigenvalue weighted by Crippen LogP contribution is 2.36. The molecule has 0 aromatic carbocycles. The monoisotopic (exact) mass is 354 g/mol. The lowest BCUT2D eigenvalue weighted by Gasteiger charge is -2.13. The number of aromatic nitrogens is 4. The molecule has 8 heteroatoms. The van der Waals surface area contributed by atoms with Crippen molar-refractivity contribution in [1.82, 2.24) is 19.7 Å². The first-order valence-electron chi connectivity index (χ1n) is 7.71. The van der Waals surface area contributed by atoms with Crippen LogP contribution in [0.3, 0.4) is 0 Å². The quantitative estimate of drug-likeness (QED) is 0.825. The van der Waals surface area contributed by atoms with Crippen LogP contribution in [0.5, 0.6) is 0 Å². The minimum atomic E-state index is -3.31. The summed E-state index contributed by atoms with van der Waals surface area (Å²) >= 11 is 1.52. The minimum absolute atomic E-state index is 0.0455. The number of hydrogen-bond acceptors (Lipinski definition) is 6. The van der Waals surface area contributed by atoms with Gasteiger partial charge in [-0.05, 0) is 19.8 Å². The van der Waals surface area contributed by atoms with Crippen LogP contribution >= 0.6 is 11.3 Å². The van der Waals surface area contributed by atoms with Crippen LogP contribution in [0.1, 0.15) is 62.0 Å². The van der Waals surface area contributed by atoms with Crippen LogP contribution in [-0.4, -0.2) is 28.2 Å². The minimum Gasteiger partial charge on any atom is -0.311 e. The lowest BCUT2D eigenvalue weighted by molar-refractivity contribution is 0.579. The van der Waals surface area contributed by atoms with Crippen molar-refractivity contribution in [3.8, 4) is 0 Å². The van der Waals surface area contributed by atoms with E-state index in [1.165, 1.54) is 11.3 Å². The molecule has 2 heterocycles. The van der Waals surface area contributed by atoms with Gasteiger partial charge in [-0.1, -0.05) is 20.8 Å². The number of thiazole rings is 1. The number of aryl methyl sites for hydroxylation is 1. The Morgan fingerprint density at radius 1 is 1.26 bits per heavy atom. The van der Waals surface area contributed by atoms with E-state index in [1.54, 1.807) is 0 Å². The molecule has 6 nitrogen and oxygen atoms in total. The van der Waals surface area contributed by atoms with Crippen LogP contribution in [-0.2, 0) is 26.8 Å². The summed E-state index contributed by atoms with van der Waals surface area (Å²) in [6, 6.07) is 0.377. The van der Waals surface area contributed by atoms with Crippen LogP contribution < -0.4 is 0 Å². The highest BCUT2D eigenvalue weighted by atomic mass is 32.2. The molecule has 0 unspecified atom stereocenters. The highest BCUT2D eigenvalue weighted by molar-refractivity contribution is 7.89. The van der Waals surface area contributed by atoms with Gasteiger partial charge in [-0.3, -0.25) is 0 Å². The molecule has 3 rings (SSSR count). The molecule has 0 spiro atoms. The van der Waals surface area contributed by atoms with Gasteiger partial charge >= 0.3 is 0 Å². The van der Waals surface area contributed by atoms with Crippen molar-refractivity contribution in [3.05, 3.63) is 27.7 Å². The molecule has 1 saturated carbocycles. The van der Waals surface area contributed by atoms with Crippen LogP contribution in [0.2, 0.25) is 0 Å². The molecule has 1 aliphatic rings. The van der Waals surface area contributed by atoms with E-state index >= 15 is 0 Å². The summed E-state index contributed by atoms with van der Waals surface area (Å²) in [5, 5.41) is 10.9. The standard InChI is InChI=1S/C15H22N4O2S2/c1-10-17-18-13(19(10)12-5-6-12)9-23(20,21)8-11-7-22-14(16-11)15(2,3)4/h7,12H,5-6,8-9H2,1-4H3. The number of nitrogens with zero attached hydrogens (tertiary/aromatic N) is 4. The van der Waals surface area contributed by atoms with E-state index in [0.717, 1.165) is 23.7 Å². The van der Waals surface area contributed by atoms with E-state index in [9.17, 15) is 8.42 Å². The summed E-state index contributed by atoms with van der Waals surface area (Å²) in [7, 11) is -3.31. The Hall–Kier alpha value is -1.28. The summed E-state index contributed by atoms with van der Waals surface area (Å²) in [5.74, 6) is 1.22. The summed E-state index contributed by atoms with van der Waals surface area (Å²) in [4.78, 5) is 4.48. The molecule has 1 fully saturated rings. The molecule has 0 N–H and O–H groups in total. The molecule has 126 valence electrons. The normalized spacial score (nSPS) is 16.0. The maximum Gasteiger partial charge on any atom is 0.163 e. The predicted octanol–water partition coefficient (Wildman–Crippen LogP) is 2.79. The van der Waals surface area contributed by atoms with Gasteiger partial charge in [-0.15, -0.1) is 21.5 Å². The first-order valence-corrected chi connectivity index (χ1v) is 10.4. The summed E-state index contributed by atoms with van der Waals surface area (Å²) in [6.07, 6.45) is 2.15. The molecule has 0 bridgehead atoms. The van der Waals surface area contributed by atoms with Crippen molar-refractivity contribution in [1.29, 1.82) is 0 Å². The van der Waals surface area contributed by atoms with Crippen molar-refractivity contribution in [3.63, 3.8) is 0 Å². The lowest BCUT2D eigenvalue weighted by Crippen LogP contribution is -2.14. The number of rotatable bonds is 5. The molecule has 0 amide bonds. The van der Waals surface area contributed by atoms with Gasteiger partial charge in [0.25, 0.3) is 0 Å². The summed E-state index contributed by atoms with van der Waals surface area (Å²) in [5.41, 5.74) is 0.560. The number of sulfone groups is 1. The Bertz CT molecular complexity index is 811. The van der Waals surface area contributed by atoms with Gasteiger partial charge in [-0.2, -0.15) is 0 Å². The van der Waals surface area contributed by atoms with E-state index in [0.29, 0.717) is 17.6 Å². The third-order valence-corrected chi connectivity index (χ3v) is 6.51. The molecule has 0 aliphatic heterocycles. The largest absolute Gasteiger partial charge is 0.311 e. The maximum absolute atomic E-state index is 12.5. The average Bonchev–Trinajstić information content (AvgIpc) is 3.02. The Balaban J connectivity index is 1.76. The van der Waals surface area contributed by atoms with Crippen LogP contribution in [0.25, 0.3) is 0 Å². The fourth-order valence-electron chi connectivity index (χ4n) is 2.51. The molecular weight excluding hydrogens is 332 g/mol. The van der Waals surface area contributed by atoms with Crippen LogP contribution in [0.4, 0.5) is 0 Å². The van der Waals surface area contributed by atoms with E-state index in [-0.39, 0.29) is 16.9 Å². The van der Waals surface area contributed by atoms with Crippen LogP contribution in [0.15, 0.2) is 5.38 Å². The Morgan fingerprint density at radius 3 is 2.52 bits per heavy atom. The molecule has 0 radical (unpaired) electrons. The van der Waals surface area contributed by atoms with E-state index in [4.69, 9.17) is 0 Å². The predicted molar refractivity (Wildman–Crippen MR) is 90.2 cm³/mol. The third-order valence-electron chi connectivity index (χ3n) is 3.76. The second-order valence-electron chi connectivity index (χ2n) is 7.19. The molecule has 2 aromatic rings. The topological polar surface area (TPSA) is 77.7 Å². The van der Waals surface area contributed by atoms with Gasteiger partial charge in [0.15, 0.2) is 9.84 Å². The van der Waals surface area contributed by atoms with E-state index < -0.39 is 9.84 Å². The SMILES string of the molecule is Cc1nnc(CS(=O)(=O)Cc2csc(C(C)(C)C)n2)n1C1CC1. The van der Waals surface area contributed by atoms with E-state index in [1.807, 2.05) is 16.9 Å². The van der Waals surface area contributed by atoms with Gasteiger partial charge in [0, 0.05) is 16.8 Å². The van der Waals surface area contributed by atoms with Crippen LogP contribution in [0, 0.1) is 6.92 Å². The van der Waals surface area contributed by atoms with Crippen molar-refractivity contribution in [2.24, 2.45) is 0 Å². The fourth-order valence-corrected chi connectivity index (χ4v) is 4.81. The molecule has 23 heavy (non-hydrogen) atoms. The first-order chi connectivity index (χ1) is 10.7. The first kappa shape index (κ1) is 16.6. The zero-order valence-electron chi connectivity index (χ0n) is 13.9. The average molecular weight is 355 g/mol. The van der Waals surface area contributed by atoms with Crippen molar-refractivity contribution in [2.45, 2.75) is 63.5 Å². The second-order valence-corrected chi connectivity index (χ2v) is 10.1. The summed E-state index contributed by atoms with van der Waals surface area (Å²) < 4.78 is 27.0. The Morgan fingerprint density at radius 2 is 1.96 bits per heavy atom. The Kier molecular flexibility index (Phi) is 4.08. The van der Waals surface area contributed by atoms with Gasteiger partial charge in [-0.25, -0.2) is 13.4 Å². The lowest BCUT2D eigenvalue weighted by atomic mass is 9.98. The van der Waals surface area contributed by atoms with Gasteiger partial charge < -0.3 is 4.57 Å². The molecular formula is C15H22N4O2S2. The molecule has 0 saturated heterocycles. The maximum atomic E-state index is 12.5. The Labute approximate surface area is 140 Å². The second kappa shape index (κ2) is 5.66. The molecule has 1 aliphatic carbocycles. The number of hydrogen-bond donors (Lipinski definition) is 0.